The average Bonchev–Trinajstić information content (AvgIpc) is 2.95. The highest BCUT2D eigenvalue weighted by Crippen LogP contribution is 2.22. The van der Waals surface area contributed by atoms with Gasteiger partial charge in [0.05, 0.1) is 5.01 Å². The molecule has 0 spiro atoms. The van der Waals surface area contributed by atoms with Gasteiger partial charge in [-0.15, -0.1) is 11.3 Å². The van der Waals surface area contributed by atoms with Crippen molar-refractivity contribution in [1.82, 2.24) is 4.98 Å². The highest BCUT2D eigenvalue weighted by molar-refractivity contribution is 7.09. The second kappa shape index (κ2) is 7.56. The van der Waals surface area contributed by atoms with Crippen LogP contribution in [0, 0.1) is 0 Å². The highest BCUT2D eigenvalue weighted by atomic mass is 32.1. The standard InChI is InChI=1S/C15H16F3N3OS/c16-15(17,18)7-5-10-1-3-11(4-2-10)20-14(22)12-9-23-13(21-12)6-8-19/h1-4,9H,5-8,19H2,(H,20,22). The van der Waals surface area contributed by atoms with Crippen LogP contribution >= 0.6 is 11.3 Å². The molecule has 8 heteroatoms. The Labute approximate surface area is 135 Å². The first-order valence-corrected chi connectivity index (χ1v) is 7.87. The van der Waals surface area contributed by atoms with E-state index in [0.717, 1.165) is 5.01 Å². The molecular formula is C15H16F3N3OS. The molecule has 3 N–H and O–H groups in total. The SMILES string of the molecule is NCCc1nc(C(=O)Nc2ccc(CCC(F)(F)F)cc2)cs1. The predicted octanol–water partition coefficient (Wildman–Crippen LogP) is 3.39. The third-order valence-corrected chi connectivity index (χ3v) is 3.96. The van der Waals surface area contributed by atoms with Crippen molar-refractivity contribution in [3.8, 4) is 0 Å². The molecule has 0 unspecified atom stereocenters. The fraction of sp³-hybridized carbons (Fsp3) is 0.333. The van der Waals surface area contributed by atoms with Crippen LogP contribution in [0.15, 0.2) is 29.6 Å². The lowest BCUT2D eigenvalue weighted by Gasteiger charge is -2.07. The van der Waals surface area contributed by atoms with Gasteiger partial charge >= 0.3 is 6.18 Å². The zero-order valence-corrected chi connectivity index (χ0v) is 13.0. The Morgan fingerprint density at radius 1 is 1.22 bits per heavy atom. The molecule has 0 aliphatic carbocycles. The van der Waals surface area contributed by atoms with E-state index >= 15 is 0 Å². The molecule has 0 bridgehead atoms. The summed E-state index contributed by atoms with van der Waals surface area (Å²) in [5, 5.41) is 5.11. The van der Waals surface area contributed by atoms with E-state index in [-0.39, 0.29) is 12.3 Å². The topological polar surface area (TPSA) is 68.0 Å². The Balaban J connectivity index is 1.93. The molecule has 2 rings (SSSR count). The number of thiazole rings is 1. The summed E-state index contributed by atoms with van der Waals surface area (Å²) in [6.45, 7) is 0.466. The van der Waals surface area contributed by atoms with Crippen LogP contribution in [0.3, 0.4) is 0 Å². The molecular weight excluding hydrogens is 327 g/mol. The summed E-state index contributed by atoms with van der Waals surface area (Å²) in [4.78, 5) is 16.2. The number of benzene rings is 1. The molecule has 0 saturated carbocycles. The molecule has 23 heavy (non-hydrogen) atoms. The van der Waals surface area contributed by atoms with Crippen molar-refractivity contribution < 1.29 is 18.0 Å². The molecule has 1 amide bonds. The number of amides is 1. The third-order valence-electron chi connectivity index (χ3n) is 3.05. The maximum Gasteiger partial charge on any atom is 0.389 e. The summed E-state index contributed by atoms with van der Waals surface area (Å²) in [6.07, 6.45) is -4.49. The number of hydrogen-bond donors (Lipinski definition) is 2. The Kier molecular flexibility index (Phi) is 5.73. The van der Waals surface area contributed by atoms with E-state index in [4.69, 9.17) is 5.73 Å². The largest absolute Gasteiger partial charge is 0.389 e. The van der Waals surface area contributed by atoms with Gasteiger partial charge < -0.3 is 11.1 Å². The van der Waals surface area contributed by atoms with Crippen molar-refractivity contribution in [2.75, 3.05) is 11.9 Å². The van der Waals surface area contributed by atoms with Gasteiger partial charge in [0, 0.05) is 23.9 Å². The molecule has 124 valence electrons. The van der Waals surface area contributed by atoms with E-state index in [1.54, 1.807) is 29.6 Å². The van der Waals surface area contributed by atoms with Gasteiger partial charge in [-0.2, -0.15) is 13.2 Å². The smallest absolute Gasteiger partial charge is 0.330 e. The number of anilines is 1. The van der Waals surface area contributed by atoms with E-state index in [1.807, 2.05) is 0 Å². The van der Waals surface area contributed by atoms with Gasteiger partial charge in [0.15, 0.2) is 0 Å². The van der Waals surface area contributed by atoms with Crippen molar-refractivity contribution in [3.63, 3.8) is 0 Å². The van der Waals surface area contributed by atoms with Gasteiger partial charge in [-0.05, 0) is 30.7 Å². The molecule has 0 aliphatic heterocycles. The first kappa shape index (κ1) is 17.4. The van der Waals surface area contributed by atoms with Gasteiger partial charge in [-0.1, -0.05) is 12.1 Å². The maximum atomic E-state index is 12.2. The predicted molar refractivity (Wildman–Crippen MR) is 83.6 cm³/mol. The number of alkyl halides is 3. The Morgan fingerprint density at radius 3 is 2.52 bits per heavy atom. The summed E-state index contributed by atoms with van der Waals surface area (Å²) in [7, 11) is 0. The van der Waals surface area contributed by atoms with Crippen LogP contribution < -0.4 is 11.1 Å². The van der Waals surface area contributed by atoms with Crippen LogP contribution in [0.5, 0.6) is 0 Å². The molecule has 4 nitrogen and oxygen atoms in total. The minimum Gasteiger partial charge on any atom is -0.330 e. The lowest BCUT2D eigenvalue weighted by molar-refractivity contribution is -0.133. The van der Waals surface area contributed by atoms with Crippen LogP contribution in [0.4, 0.5) is 18.9 Å². The van der Waals surface area contributed by atoms with Crippen molar-refractivity contribution in [2.24, 2.45) is 5.73 Å². The number of nitrogens with one attached hydrogen (secondary N) is 1. The summed E-state index contributed by atoms with van der Waals surface area (Å²) < 4.78 is 36.5. The van der Waals surface area contributed by atoms with E-state index in [1.165, 1.54) is 11.3 Å². The Hall–Kier alpha value is -1.93. The van der Waals surface area contributed by atoms with Crippen molar-refractivity contribution in [2.45, 2.75) is 25.4 Å². The number of halogens is 3. The van der Waals surface area contributed by atoms with E-state index in [9.17, 15) is 18.0 Å². The normalized spacial score (nSPS) is 11.5. The first-order valence-electron chi connectivity index (χ1n) is 6.99. The second-order valence-corrected chi connectivity index (χ2v) is 5.87. The van der Waals surface area contributed by atoms with Gasteiger partial charge in [-0.25, -0.2) is 4.98 Å². The third kappa shape index (κ3) is 5.65. The van der Waals surface area contributed by atoms with Crippen LogP contribution in [-0.2, 0) is 12.8 Å². The number of hydrogen-bond acceptors (Lipinski definition) is 4. The van der Waals surface area contributed by atoms with Crippen molar-refractivity contribution in [3.05, 3.63) is 45.9 Å². The number of aromatic nitrogens is 1. The average molecular weight is 343 g/mol. The molecule has 1 aromatic carbocycles. The Bertz CT molecular complexity index is 653. The first-order chi connectivity index (χ1) is 10.9. The fourth-order valence-corrected chi connectivity index (χ4v) is 2.68. The number of carbonyl (C=O) groups is 1. The van der Waals surface area contributed by atoms with Gasteiger partial charge in [-0.3, -0.25) is 4.79 Å². The number of nitrogens with zero attached hydrogens (tertiary/aromatic N) is 1. The molecule has 2 aromatic rings. The van der Waals surface area contributed by atoms with Crippen molar-refractivity contribution >= 4 is 22.9 Å². The van der Waals surface area contributed by atoms with Gasteiger partial charge in [0.1, 0.15) is 5.69 Å². The second-order valence-electron chi connectivity index (χ2n) is 4.93. The monoisotopic (exact) mass is 343 g/mol. The Morgan fingerprint density at radius 2 is 1.91 bits per heavy atom. The van der Waals surface area contributed by atoms with Crippen LogP contribution in [0.1, 0.15) is 27.5 Å². The fourth-order valence-electron chi connectivity index (χ4n) is 1.89. The summed E-state index contributed by atoms with van der Waals surface area (Å²) in [5.41, 5.74) is 6.82. The van der Waals surface area contributed by atoms with E-state index < -0.39 is 12.6 Å². The minimum atomic E-state index is -4.17. The number of aryl methyl sites for hydroxylation is 1. The van der Waals surface area contributed by atoms with E-state index in [2.05, 4.69) is 10.3 Å². The zero-order chi connectivity index (χ0) is 16.9. The van der Waals surface area contributed by atoms with Gasteiger partial charge in [0.2, 0.25) is 0 Å². The molecule has 1 aromatic heterocycles. The van der Waals surface area contributed by atoms with Crippen LogP contribution in [0.2, 0.25) is 0 Å². The molecule has 0 fully saturated rings. The van der Waals surface area contributed by atoms with E-state index in [0.29, 0.717) is 29.9 Å². The quantitative estimate of drug-likeness (QED) is 0.845. The lowest BCUT2D eigenvalue weighted by Crippen LogP contribution is -2.13. The summed E-state index contributed by atoms with van der Waals surface area (Å²) in [5.74, 6) is -0.354. The number of rotatable bonds is 6. The highest BCUT2D eigenvalue weighted by Gasteiger charge is 2.26. The molecule has 0 aliphatic rings. The van der Waals surface area contributed by atoms with Crippen LogP contribution in [-0.4, -0.2) is 23.6 Å². The summed E-state index contributed by atoms with van der Waals surface area (Å²) >= 11 is 1.37. The maximum absolute atomic E-state index is 12.2. The molecule has 0 saturated heterocycles. The number of carbonyl (C=O) groups excluding carboxylic acids is 1. The molecule has 0 atom stereocenters. The lowest BCUT2D eigenvalue weighted by atomic mass is 10.1. The number of nitrogens with two attached hydrogens (primary N) is 1. The van der Waals surface area contributed by atoms with Gasteiger partial charge in [0.25, 0.3) is 5.91 Å². The molecule has 0 radical (unpaired) electrons. The van der Waals surface area contributed by atoms with Crippen molar-refractivity contribution in [1.29, 1.82) is 0 Å². The minimum absolute atomic E-state index is 0.0771. The zero-order valence-electron chi connectivity index (χ0n) is 12.2. The molecule has 1 heterocycles. The van der Waals surface area contributed by atoms with Crippen LogP contribution in [0.25, 0.3) is 0 Å². The summed E-state index contributed by atoms with van der Waals surface area (Å²) in [6, 6.07) is 6.30.